The van der Waals surface area contributed by atoms with E-state index in [1.807, 2.05) is 16.7 Å². The molecule has 1 aromatic heterocycles. The molecule has 0 atom stereocenters. The number of amides is 1. The second-order valence-electron chi connectivity index (χ2n) is 7.63. The molecule has 5 aromatic rings. The molecule has 0 spiro atoms. The van der Waals surface area contributed by atoms with Crippen LogP contribution in [-0.4, -0.2) is 10.5 Å². The van der Waals surface area contributed by atoms with Crippen LogP contribution in [0.4, 0.5) is 4.39 Å². The maximum atomic E-state index is 14.0. The smallest absolute Gasteiger partial charge is 0.249 e. The number of nitrogens with zero attached hydrogens (tertiary/aromatic N) is 1. The number of carbonyl (C=O) groups excluding carboxylic acids is 1. The van der Waals surface area contributed by atoms with Gasteiger partial charge in [0.15, 0.2) is 0 Å². The zero-order chi connectivity index (χ0) is 23.3. The van der Waals surface area contributed by atoms with Gasteiger partial charge in [-0.1, -0.05) is 51.3 Å². The fourth-order valence-corrected chi connectivity index (χ4v) is 5.17. The van der Waals surface area contributed by atoms with E-state index in [2.05, 4.69) is 22.0 Å². The zero-order valence-electron chi connectivity index (χ0n) is 17.0. The first kappa shape index (κ1) is 22.0. The molecule has 1 amide bonds. The maximum absolute atomic E-state index is 14.0. The van der Waals surface area contributed by atoms with Gasteiger partial charge in [0.2, 0.25) is 5.91 Å². The summed E-state index contributed by atoms with van der Waals surface area (Å²) >= 11 is 16.4. The monoisotopic (exact) mass is 539 g/mol. The molecular formula is C26H15BrCl2FN2O. The molecule has 0 bridgehead atoms. The minimum atomic E-state index is -0.529. The molecule has 0 saturated heterocycles. The summed E-state index contributed by atoms with van der Waals surface area (Å²) in [7, 11) is 0. The van der Waals surface area contributed by atoms with Gasteiger partial charge in [-0.3, -0.25) is 4.79 Å². The van der Waals surface area contributed by atoms with Gasteiger partial charge in [-0.25, -0.2) is 4.39 Å². The number of benzene rings is 4. The molecule has 5 rings (SSSR count). The SMILES string of the molecule is NC(=O)c1cccc2c1c1[c]cc(-c3c(Cl)cccc3Cl)cc1n2Cc1cc(F)ccc1Br. The van der Waals surface area contributed by atoms with Crippen molar-refractivity contribution in [2.45, 2.75) is 6.54 Å². The van der Waals surface area contributed by atoms with Crippen LogP contribution in [0.1, 0.15) is 15.9 Å². The van der Waals surface area contributed by atoms with Crippen LogP contribution in [0.2, 0.25) is 10.0 Å². The van der Waals surface area contributed by atoms with Gasteiger partial charge in [-0.05, 0) is 71.8 Å². The summed E-state index contributed by atoms with van der Waals surface area (Å²) in [6, 6.07) is 22.3. The molecule has 1 heterocycles. The van der Waals surface area contributed by atoms with Crippen molar-refractivity contribution in [3.05, 3.63) is 104 Å². The second kappa shape index (κ2) is 8.49. The van der Waals surface area contributed by atoms with E-state index in [1.54, 1.807) is 42.5 Å². The van der Waals surface area contributed by atoms with E-state index >= 15 is 0 Å². The molecule has 2 N–H and O–H groups in total. The van der Waals surface area contributed by atoms with Crippen molar-refractivity contribution >= 4 is 66.8 Å². The Balaban J connectivity index is 1.85. The van der Waals surface area contributed by atoms with Crippen LogP contribution in [0, 0.1) is 11.9 Å². The first-order valence-corrected chi connectivity index (χ1v) is 11.5. The van der Waals surface area contributed by atoms with Crippen LogP contribution in [0.15, 0.2) is 71.2 Å². The highest BCUT2D eigenvalue weighted by Crippen LogP contribution is 2.39. The number of hydrogen-bond acceptors (Lipinski definition) is 1. The van der Waals surface area contributed by atoms with Crippen LogP contribution in [0.25, 0.3) is 32.9 Å². The van der Waals surface area contributed by atoms with E-state index in [4.69, 9.17) is 28.9 Å². The summed E-state index contributed by atoms with van der Waals surface area (Å²) in [4.78, 5) is 12.2. The highest BCUT2D eigenvalue weighted by molar-refractivity contribution is 9.10. The molecule has 1 radical (unpaired) electrons. The standard InChI is InChI=1S/C26H15BrCl2FN2O/c27-19-10-8-16(30)11-15(19)13-32-22-6-1-3-18(26(31)33)25(22)17-9-7-14(12-23(17)32)24-20(28)4-2-5-21(24)29/h1-8,10-12H,13H2,(H2,31,33). The van der Waals surface area contributed by atoms with Crippen molar-refractivity contribution in [2.75, 3.05) is 0 Å². The Morgan fingerprint density at radius 2 is 1.76 bits per heavy atom. The third-order valence-electron chi connectivity index (χ3n) is 5.65. The van der Waals surface area contributed by atoms with Crippen molar-refractivity contribution in [3.8, 4) is 11.1 Å². The average molecular weight is 541 g/mol. The van der Waals surface area contributed by atoms with Gasteiger partial charge < -0.3 is 10.3 Å². The predicted octanol–water partition coefficient (Wildman–Crippen LogP) is 7.62. The summed E-state index contributed by atoms with van der Waals surface area (Å²) in [5.74, 6) is -0.861. The molecule has 163 valence electrons. The Hall–Kier alpha value is -2.86. The fraction of sp³-hybridized carbons (Fsp3) is 0.0385. The van der Waals surface area contributed by atoms with Gasteiger partial charge in [-0.2, -0.15) is 0 Å². The molecule has 0 aliphatic heterocycles. The lowest BCUT2D eigenvalue weighted by molar-refractivity contribution is 0.100. The Morgan fingerprint density at radius 1 is 1.03 bits per heavy atom. The van der Waals surface area contributed by atoms with Crippen molar-refractivity contribution in [2.24, 2.45) is 5.73 Å². The third-order valence-corrected chi connectivity index (χ3v) is 7.05. The van der Waals surface area contributed by atoms with Gasteiger partial charge in [0, 0.05) is 43.0 Å². The zero-order valence-corrected chi connectivity index (χ0v) is 20.1. The number of hydrogen-bond donors (Lipinski definition) is 1. The summed E-state index contributed by atoms with van der Waals surface area (Å²) in [5, 5.41) is 2.47. The van der Waals surface area contributed by atoms with Gasteiger partial charge in [0.25, 0.3) is 0 Å². The summed E-state index contributed by atoms with van der Waals surface area (Å²) < 4.78 is 16.8. The van der Waals surface area contributed by atoms with E-state index < -0.39 is 5.91 Å². The molecule has 0 aliphatic rings. The number of nitrogens with two attached hydrogens (primary N) is 1. The Morgan fingerprint density at radius 3 is 2.48 bits per heavy atom. The number of primary amides is 1. The summed E-state index contributed by atoms with van der Waals surface area (Å²) in [6.07, 6.45) is 0. The molecule has 0 fully saturated rings. The Labute approximate surface area is 207 Å². The molecule has 0 aliphatic carbocycles. The first-order chi connectivity index (χ1) is 15.8. The van der Waals surface area contributed by atoms with E-state index in [0.717, 1.165) is 32.0 Å². The molecule has 0 saturated carbocycles. The maximum Gasteiger partial charge on any atom is 0.249 e. The van der Waals surface area contributed by atoms with Crippen molar-refractivity contribution in [1.29, 1.82) is 0 Å². The van der Waals surface area contributed by atoms with Crippen LogP contribution in [0.3, 0.4) is 0 Å². The Kier molecular flexibility index (Phi) is 5.65. The molecule has 0 unspecified atom stereocenters. The fourth-order valence-electron chi connectivity index (χ4n) is 4.18. The lowest BCUT2D eigenvalue weighted by atomic mass is 10.0. The van der Waals surface area contributed by atoms with Crippen LogP contribution in [-0.2, 0) is 6.54 Å². The van der Waals surface area contributed by atoms with E-state index in [-0.39, 0.29) is 5.82 Å². The molecule has 4 aromatic carbocycles. The quantitative estimate of drug-likeness (QED) is 0.250. The number of fused-ring (bicyclic) bond motifs is 3. The van der Waals surface area contributed by atoms with E-state index in [9.17, 15) is 9.18 Å². The topological polar surface area (TPSA) is 48.0 Å². The van der Waals surface area contributed by atoms with E-state index in [1.165, 1.54) is 12.1 Å². The minimum Gasteiger partial charge on any atom is -0.366 e. The highest BCUT2D eigenvalue weighted by atomic mass is 79.9. The van der Waals surface area contributed by atoms with Crippen LogP contribution >= 0.6 is 39.1 Å². The third kappa shape index (κ3) is 3.80. The van der Waals surface area contributed by atoms with Crippen molar-refractivity contribution in [1.82, 2.24) is 4.57 Å². The normalized spacial score (nSPS) is 11.4. The van der Waals surface area contributed by atoms with Crippen LogP contribution in [0.5, 0.6) is 0 Å². The van der Waals surface area contributed by atoms with Crippen molar-refractivity contribution in [3.63, 3.8) is 0 Å². The number of carbonyl (C=O) groups is 1. The van der Waals surface area contributed by atoms with Gasteiger partial charge in [0.05, 0.1) is 11.0 Å². The van der Waals surface area contributed by atoms with Crippen molar-refractivity contribution < 1.29 is 9.18 Å². The number of halogens is 4. The summed E-state index contributed by atoms with van der Waals surface area (Å²) in [5.41, 5.74) is 9.88. The van der Waals surface area contributed by atoms with Gasteiger partial charge >= 0.3 is 0 Å². The molecular weight excluding hydrogens is 526 g/mol. The highest BCUT2D eigenvalue weighted by Gasteiger charge is 2.19. The second-order valence-corrected chi connectivity index (χ2v) is 9.30. The Bertz CT molecular complexity index is 1560. The lowest BCUT2D eigenvalue weighted by Crippen LogP contribution is -2.11. The first-order valence-electron chi connectivity index (χ1n) is 10.00. The molecule has 7 heteroatoms. The summed E-state index contributed by atoms with van der Waals surface area (Å²) in [6.45, 7) is 0.355. The lowest BCUT2D eigenvalue weighted by Gasteiger charge is -2.12. The molecule has 33 heavy (non-hydrogen) atoms. The number of rotatable bonds is 4. The van der Waals surface area contributed by atoms with Gasteiger partial charge in [-0.15, -0.1) is 0 Å². The van der Waals surface area contributed by atoms with Gasteiger partial charge in [0.1, 0.15) is 5.82 Å². The van der Waals surface area contributed by atoms with Crippen LogP contribution < -0.4 is 5.73 Å². The molecule has 3 nitrogen and oxygen atoms in total. The predicted molar refractivity (Wildman–Crippen MR) is 135 cm³/mol. The minimum absolute atomic E-state index is 0.332. The average Bonchev–Trinajstić information content (AvgIpc) is 3.09. The number of aromatic nitrogens is 1. The van der Waals surface area contributed by atoms with E-state index in [0.29, 0.717) is 33.1 Å². The largest absolute Gasteiger partial charge is 0.366 e.